The van der Waals surface area contributed by atoms with Gasteiger partial charge >= 0.3 is 0 Å². The third-order valence-corrected chi connectivity index (χ3v) is 9.79. The van der Waals surface area contributed by atoms with Gasteiger partial charge in [-0.05, 0) is 91.3 Å². The van der Waals surface area contributed by atoms with Gasteiger partial charge in [0.15, 0.2) is 5.82 Å². The topological polar surface area (TPSA) is 38.7 Å². The zero-order chi connectivity index (χ0) is 31.5. The fourth-order valence-electron chi connectivity index (χ4n) is 7.35. The highest BCUT2D eigenvalue weighted by Gasteiger charge is 2.35. The maximum absolute atomic E-state index is 5.22. The minimum atomic E-state index is -0.0177. The number of aromatic nitrogens is 3. The zero-order valence-electron chi connectivity index (χ0n) is 26.3. The zero-order valence-corrected chi connectivity index (χ0v) is 26.3. The van der Waals surface area contributed by atoms with Gasteiger partial charge in [0.2, 0.25) is 0 Å². The second-order valence-corrected chi connectivity index (χ2v) is 12.9. The van der Waals surface area contributed by atoms with Crippen molar-refractivity contribution in [3.05, 3.63) is 163 Å². The van der Waals surface area contributed by atoms with Crippen LogP contribution in [0.2, 0.25) is 0 Å². The summed E-state index contributed by atoms with van der Waals surface area (Å²) in [6.07, 6.45) is 3.65. The molecule has 0 amide bonds. The molecule has 0 atom stereocenters. The van der Waals surface area contributed by atoms with E-state index < -0.39 is 0 Å². The number of nitrogens with zero attached hydrogens (tertiary/aromatic N) is 3. The molecule has 8 aromatic rings. The Kier molecular flexibility index (Phi) is 6.16. The number of rotatable bonds is 4. The average molecular weight is 602 g/mol. The molecule has 9 rings (SSSR count). The Morgan fingerprint density at radius 1 is 0.426 bits per heavy atom. The first-order chi connectivity index (χ1) is 23.0. The Balaban J connectivity index is 1.22. The van der Waals surface area contributed by atoms with Crippen LogP contribution >= 0.6 is 0 Å². The predicted molar refractivity (Wildman–Crippen MR) is 194 cm³/mol. The van der Waals surface area contributed by atoms with Crippen molar-refractivity contribution < 1.29 is 0 Å². The SMILES string of the molecule is CC1(C)c2ccccc2-c2cc3c(ccc4cc(-c5cc(-c6ccccc6)nc(-c6ccccc6-c6ccncc6)n5)ccc43)cc21. The molecule has 1 aliphatic rings. The van der Waals surface area contributed by atoms with Gasteiger partial charge < -0.3 is 0 Å². The van der Waals surface area contributed by atoms with Crippen molar-refractivity contribution in [3.63, 3.8) is 0 Å². The molecule has 0 unspecified atom stereocenters. The van der Waals surface area contributed by atoms with Crippen molar-refractivity contribution in [3.8, 4) is 56.2 Å². The molecule has 0 bridgehead atoms. The number of hydrogen-bond acceptors (Lipinski definition) is 3. The molecule has 0 aliphatic heterocycles. The lowest BCUT2D eigenvalue weighted by atomic mass is 9.81. The Hall–Kier alpha value is -5.93. The van der Waals surface area contributed by atoms with Crippen LogP contribution in [0.15, 0.2) is 152 Å². The molecule has 0 saturated carbocycles. The first kappa shape index (κ1) is 27.4. The smallest absolute Gasteiger partial charge is 0.161 e. The summed E-state index contributed by atoms with van der Waals surface area (Å²) in [6, 6.07) is 49.8. The lowest BCUT2D eigenvalue weighted by Gasteiger charge is -2.21. The summed E-state index contributed by atoms with van der Waals surface area (Å²) in [5, 5.41) is 4.99. The summed E-state index contributed by atoms with van der Waals surface area (Å²) in [5.74, 6) is 0.698. The van der Waals surface area contributed by atoms with Gasteiger partial charge in [0.1, 0.15) is 0 Å². The molecule has 2 aromatic heterocycles. The molecule has 0 saturated heterocycles. The lowest BCUT2D eigenvalue weighted by molar-refractivity contribution is 0.661. The fourth-order valence-corrected chi connectivity index (χ4v) is 7.35. The molecule has 47 heavy (non-hydrogen) atoms. The van der Waals surface area contributed by atoms with E-state index in [2.05, 4.69) is 140 Å². The summed E-state index contributed by atoms with van der Waals surface area (Å²) in [7, 11) is 0. The van der Waals surface area contributed by atoms with E-state index in [9.17, 15) is 0 Å². The van der Waals surface area contributed by atoms with E-state index in [0.717, 1.165) is 39.2 Å². The highest BCUT2D eigenvalue weighted by atomic mass is 14.9. The Morgan fingerprint density at radius 3 is 1.87 bits per heavy atom. The van der Waals surface area contributed by atoms with E-state index in [4.69, 9.17) is 9.97 Å². The first-order valence-electron chi connectivity index (χ1n) is 16.1. The number of fused-ring (bicyclic) bond motifs is 6. The molecule has 6 aromatic carbocycles. The van der Waals surface area contributed by atoms with E-state index >= 15 is 0 Å². The highest BCUT2D eigenvalue weighted by Crippen LogP contribution is 2.50. The van der Waals surface area contributed by atoms with E-state index in [1.165, 1.54) is 43.8 Å². The van der Waals surface area contributed by atoms with Gasteiger partial charge in [-0.15, -0.1) is 0 Å². The van der Waals surface area contributed by atoms with Crippen molar-refractivity contribution in [2.45, 2.75) is 19.3 Å². The lowest BCUT2D eigenvalue weighted by Crippen LogP contribution is -2.14. The highest BCUT2D eigenvalue weighted by molar-refractivity contribution is 6.10. The number of hydrogen-bond donors (Lipinski definition) is 0. The largest absolute Gasteiger partial charge is 0.265 e. The Labute approximate surface area is 274 Å². The minimum absolute atomic E-state index is 0.0177. The molecular formula is C44H31N3. The number of benzene rings is 6. The van der Waals surface area contributed by atoms with E-state index in [1.54, 1.807) is 0 Å². The van der Waals surface area contributed by atoms with Gasteiger partial charge in [-0.25, -0.2) is 9.97 Å². The summed E-state index contributed by atoms with van der Waals surface area (Å²) in [6.45, 7) is 4.68. The van der Waals surface area contributed by atoms with Crippen molar-refractivity contribution in [1.82, 2.24) is 15.0 Å². The second-order valence-electron chi connectivity index (χ2n) is 12.9. The standard InChI is InChI=1S/C44H31N3/c1-44(2)39-15-9-8-13-35(39)38-26-37-31(25-40(38)44)17-16-30-24-32(18-19-34(30)37)42-27-41(29-10-4-3-5-11-29)46-43(47-42)36-14-7-6-12-33(36)28-20-22-45-23-21-28/h3-27H,1-2H3. The molecule has 0 fully saturated rings. The molecule has 0 spiro atoms. The molecular weight excluding hydrogens is 571 g/mol. The van der Waals surface area contributed by atoms with Gasteiger partial charge in [-0.1, -0.05) is 117 Å². The summed E-state index contributed by atoms with van der Waals surface area (Å²) < 4.78 is 0. The molecule has 0 N–H and O–H groups in total. The molecule has 3 heteroatoms. The summed E-state index contributed by atoms with van der Waals surface area (Å²) >= 11 is 0. The van der Waals surface area contributed by atoms with E-state index in [1.807, 2.05) is 30.6 Å². The van der Waals surface area contributed by atoms with Crippen LogP contribution in [0.5, 0.6) is 0 Å². The Bertz CT molecular complexity index is 2480. The normalized spacial score (nSPS) is 13.1. The van der Waals surface area contributed by atoms with Gasteiger partial charge in [0.05, 0.1) is 11.4 Å². The van der Waals surface area contributed by atoms with Crippen LogP contribution in [0.1, 0.15) is 25.0 Å². The van der Waals surface area contributed by atoms with Crippen LogP contribution in [0.25, 0.3) is 77.7 Å². The predicted octanol–water partition coefficient (Wildman–Crippen LogP) is 11.2. The molecule has 3 nitrogen and oxygen atoms in total. The van der Waals surface area contributed by atoms with Gasteiger partial charge in [-0.3, -0.25) is 4.98 Å². The van der Waals surface area contributed by atoms with Crippen LogP contribution in [0.3, 0.4) is 0 Å². The maximum Gasteiger partial charge on any atom is 0.161 e. The quantitative estimate of drug-likeness (QED) is 0.188. The van der Waals surface area contributed by atoms with Crippen molar-refractivity contribution in [1.29, 1.82) is 0 Å². The fraction of sp³-hybridized carbons (Fsp3) is 0.0682. The van der Waals surface area contributed by atoms with Crippen LogP contribution in [-0.2, 0) is 5.41 Å². The van der Waals surface area contributed by atoms with Crippen LogP contribution in [0, 0.1) is 0 Å². The summed E-state index contributed by atoms with van der Waals surface area (Å²) in [5.41, 5.74) is 12.5. The number of pyridine rings is 1. The van der Waals surface area contributed by atoms with Gasteiger partial charge in [0.25, 0.3) is 0 Å². The van der Waals surface area contributed by atoms with E-state index in [-0.39, 0.29) is 5.41 Å². The maximum atomic E-state index is 5.22. The third-order valence-electron chi connectivity index (χ3n) is 9.79. The Morgan fingerprint density at radius 2 is 1.09 bits per heavy atom. The molecule has 1 aliphatic carbocycles. The van der Waals surface area contributed by atoms with Crippen LogP contribution in [-0.4, -0.2) is 15.0 Å². The van der Waals surface area contributed by atoms with Crippen molar-refractivity contribution >= 4 is 21.5 Å². The van der Waals surface area contributed by atoms with Crippen molar-refractivity contribution in [2.75, 3.05) is 0 Å². The summed E-state index contributed by atoms with van der Waals surface area (Å²) in [4.78, 5) is 14.6. The van der Waals surface area contributed by atoms with Gasteiger partial charge in [-0.2, -0.15) is 0 Å². The third kappa shape index (κ3) is 4.46. The van der Waals surface area contributed by atoms with E-state index in [0.29, 0.717) is 5.82 Å². The van der Waals surface area contributed by atoms with Crippen LogP contribution < -0.4 is 0 Å². The average Bonchev–Trinajstić information content (AvgIpc) is 3.36. The molecule has 0 radical (unpaired) electrons. The van der Waals surface area contributed by atoms with Crippen LogP contribution in [0.4, 0.5) is 0 Å². The molecule has 222 valence electrons. The first-order valence-corrected chi connectivity index (χ1v) is 16.1. The second kappa shape index (κ2) is 10.6. The van der Waals surface area contributed by atoms with Crippen molar-refractivity contribution in [2.24, 2.45) is 0 Å². The molecule has 2 heterocycles. The monoisotopic (exact) mass is 601 g/mol. The minimum Gasteiger partial charge on any atom is -0.265 e. The van der Waals surface area contributed by atoms with Gasteiger partial charge in [0, 0.05) is 34.5 Å².